The van der Waals surface area contributed by atoms with Crippen LogP contribution < -0.4 is 15.2 Å². The van der Waals surface area contributed by atoms with Gasteiger partial charge in [-0.05, 0) is 24.3 Å². The molecule has 0 unspecified atom stereocenters. The molecule has 17 heavy (non-hydrogen) atoms. The summed E-state index contributed by atoms with van der Waals surface area (Å²) in [6.07, 6.45) is 0. The molecular weight excluding hydrogens is 222 g/mol. The molecule has 0 saturated heterocycles. The zero-order chi connectivity index (χ0) is 11.8. The van der Waals surface area contributed by atoms with Crippen LogP contribution in [0.2, 0.25) is 0 Å². The molecule has 1 aromatic carbocycles. The van der Waals surface area contributed by atoms with Gasteiger partial charge in [0.25, 0.3) is 5.91 Å². The van der Waals surface area contributed by atoms with Gasteiger partial charge in [0, 0.05) is 5.56 Å². The van der Waals surface area contributed by atoms with E-state index in [-0.39, 0.29) is 12.5 Å². The monoisotopic (exact) mass is 231 g/mol. The van der Waals surface area contributed by atoms with Crippen molar-refractivity contribution in [1.29, 1.82) is 0 Å². The number of hydrogen-bond acceptors (Lipinski definition) is 4. The smallest absolute Gasteiger partial charge is 0.266 e. The number of nitrogens with zero attached hydrogens (tertiary/aromatic N) is 1. The maximum Gasteiger partial charge on any atom is 0.266 e. The Morgan fingerprint density at radius 1 is 1.29 bits per heavy atom. The van der Waals surface area contributed by atoms with Crippen molar-refractivity contribution in [2.24, 2.45) is 5.73 Å². The molecule has 86 valence electrons. The van der Waals surface area contributed by atoms with E-state index in [2.05, 4.69) is 10.2 Å². The van der Waals surface area contributed by atoms with Gasteiger partial charge in [0.05, 0.1) is 5.69 Å². The van der Waals surface area contributed by atoms with Crippen molar-refractivity contribution in [2.45, 2.75) is 0 Å². The first-order valence-electron chi connectivity index (χ1n) is 4.99. The fraction of sp³-hybridized carbons (Fsp3) is 0.0909. The molecule has 0 spiro atoms. The normalized spacial score (nSPS) is 12.7. The fourth-order valence-electron chi connectivity index (χ4n) is 1.65. The number of nitrogens with one attached hydrogen (secondary N) is 1. The molecule has 6 heteroatoms. The van der Waals surface area contributed by atoms with Crippen LogP contribution in [0.1, 0.15) is 10.5 Å². The van der Waals surface area contributed by atoms with E-state index >= 15 is 0 Å². The van der Waals surface area contributed by atoms with Crippen molar-refractivity contribution < 1.29 is 14.3 Å². The Bertz CT molecular complexity index is 591. The van der Waals surface area contributed by atoms with Crippen LogP contribution in [0.15, 0.2) is 24.3 Å². The maximum atomic E-state index is 10.9. The SMILES string of the molecule is NC(=O)c1cc(-c2ccc3c(c2)OCO3)n[nH]1. The number of aromatic amines is 1. The number of benzene rings is 1. The lowest BCUT2D eigenvalue weighted by Gasteiger charge is -1.98. The first-order chi connectivity index (χ1) is 8.24. The molecule has 6 nitrogen and oxygen atoms in total. The number of primary amides is 1. The largest absolute Gasteiger partial charge is 0.454 e. The molecule has 0 saturated carbocycles. The Labute approximate surface area is 96.3 Å². The van der Waals surface area contributed by atoms with Crippen LogP contribution in [0.4, 0.5) is 0 Å². The molecule has 1 aliphatic heterocycles. The summed E-state index contributed by atoms with van der Waals surface area (Å²) in [4.78, 5) is 10.9. The van der Waals surface area contributed by atoms with Gasteiger partial charge in [-0.15, -0.1) is 0 Å². The van der Waals surface area contributed by atoms with Crippen LogP contribution in [-0.4, -0.2) is 22.9 Å². The molecule has 1 amide bonds. The quantitative estimate of drug-likeness (QED) is 0.803. The van der Waals surface area contributed by atoms with E-state index in [1.54, 1.807) is 12.1 Å². The summed E-state index contributed by atoms with van der Waals surface area (Å²) < 4.78 is 10.5. The topological polar surface area (TPSA) is 90.2 Å². The van der Waals surface area contributed by atoms with Crippen molar-refractivity contribution in [2.75, 3.05) is 6.79 Å². The van der Waals surface area contributed by atoms with E-state index in [4.69, 9.17) is 15.2 Å². The van der Waals surface area contributed by atoms with Gasteiger partial charge in [0.15, 0.2) is 11.5 Å². The molecular formula is C11H9N3O3. The number of ether oxygens (including phenoxy) is 2. The van der Waals surface area contributed by atoms with Gasteiger partial charge in [-0.2, -0.15) is 5.10 Å². The Morgan fingerprint density at radius 2 is 2.12 bits per heavy atom. The minimum atomic E-state index is -0.538. The average Bonchev–Trinajstić information content (AvgIpc) is 2.97. The summed E-state index contributed by atoms with van der Waals surface area (Å²) in [7, 11) is 0. The number of H-pyrrole nitrogens is 1. The second-order valence-electron chi connectivity index (χ2n) is 3.60. The molecule has 0 aliphatic carbocycles. The molecule has 0 atom stereocenters. The van der Waals surface area contributed by atoms with Crippen LogP contribution in [0.5, 0.6) is 11.5 Å². The highest BCUT2D eigenvalue weighted by Gasteiger charge is 2.15. The summed E-state index contributed by atoms with van der Waals surface area (Å²) in [5.41, 5.74) is 6.88. The van der Waals surface area contributed by atoms with Crippen LogP contribution >= 0.6 is 0 Å². The Kier molecular flexibility index (Phi) is 2.01. The van der Waals surface area contributed by atoms with Gasteiger partial charge < -0.3 is 15.2 Å². The Hall–Kier alpha value is -2.50. The standard InChI is InChI=1S/C11H9N3O3/c12-11(15)8-4-7(13-14-8)6-1-2-9-10(3-6)17-5-16-9/h1-4H,5H2,(H2,12,15)(H,13,14). The molecule has 0 radical (unpaired) electrons. The predicted octanol–water partition coefficient (Wildman–Crippen LogP) is 0.904. The third-order valence-corrected chi connectivity index (χ3v) is 2.51. The van der Waals surface area contributed by atoms with Crippen LogP contribution in [0.25, 0.3) is 11.3 Å². The zero-order valence-corrected chi connectivity index (χ0v) is 8.77. The third-order valence-electron chi connectivity index (χ3n) is 2.51. The number of carbonyl (C=O) groups excluding carboxylic acids is 1. The van der Waals surface area contributed by atoms with E-state index < -0.39 is 5.91 Å². The second-order valence-corrected chi connectivity index (χ2v) is 3.60. The highest BCUT2D eigenvalue weighted by atomic mass is 16.7. The number of rotatable bonds is 2. The lowest BCUT2D eigenvalue weighted by molar-refractivity contribution is 0.0995. The number of hydrogen-bond donors (Lipinski definition) is 2. The Morgan fingerprint density at radius 3 is 2.88 bits per heavy atom. The van der Waals surface area contributed by atoms with Gasteiger partial charge in [0.1, 0.15) is 5.69 Å². The fourth-order valence-corrected chi connectivity index (χ4v) is 1.65. The first-order valence-corrected chi connectivity index (χ1v) is 4.99. The van der Waals surface area contributed by atoms with Crippen molar-refractivity contribution >= 4 is 5.91 Å². The number of nitrogens with two attached hydrogens (primary N) is 1. The van der Waals surface area contributed by atoms with Crippen molar-refractivity contribution in [3.8, 4) is 22.8 Å². The molecule has 2 aromatic rings. The Balaban J connectivity index is 2.00. The van der Waals surface area contributed by atoms with E-state index in [0.717, 1.165) is 5.56 Å². The van der Waals surface area contributed by atoms with Gasteiger partial charge in [-0.1, -0.05) is 0 Å². The molecule has 0 fully saturated rings. The van der Waals surface area contributed by atoms with E-state index in [9.17, 15) is 4.79 Å². The van der Waals surface area contributed by atoms with E-state index in [1.165, 1.54) is 0 Å². The summed E-state index contributed by atoms with van der Waals surface area (Å²) in [5, 5.41) is 6.59. The molecule has 2 heterocycles. The summed E-state index contributed by atoms with van der Waals surface area (Å²) in [6, 6.07) is 7.05. The zero-order valence-electron chi connectivity index (χ0n) is 8.77. The molecule has 3 rings (SSSR count). The molecule has 0 bridgehead atoms. The summed E-state index contributed by atoms with van der Waals surface area (Å²) in [5.74, 6) is 0.843. The lowest BCUT2D eigenvalue weighted by Crippen LogP contribution is -2.10. The van der Waals surface area contributed by atoms with Crippen molar-refractivity contribution in [3.63, 3.8) is 0 Å². The van der Waals surface area contributed by atoms with E-state index in [0.29, 0.717) is 17.2 Å². The van der Waals surface area contributed by atoms with Gasteiger partial charge in [-0.25, -0.2) is 0 Å². The average molecular weight is 231 g/mol. The molecule has 1 aromatic heterocycles. The van der Waals surface area contributed by atoms with Gasteiger partial charge >= 0.3 is 0 Å². The molecule has 3 N–H and O–H groups in total. The maximum absolute atomic E-state index is 10.9. The van der Waals surface area contributed by atoms with Gasteiger partial charge in [0.2, 0.25) is 6.79 Å². The van der Waals surface area contributed by atoms with E-state index in [1.807, 2.05) is 12.1 Å². The van der Waals surface area contributed by atoms with Crippen molar-refractivity contribution in [3.05, 3.63) is 30.0 Å². The van der Waals surface area contributed by atoms with Gasteiger partial charge in [-0.3, -0.25) is 9.89 Å². The number of carbonyl (C=O) groups is 1. The van der Waals surface area contributed by atoms with Crippen LogP contribution in [-0.2, 0) is 0 Å². The number of amides is 1. The number of aromatic nitrogens is 2. The lowest BCUT2D eigenvalue weighted by atomic mass is 10.1. The summed E-state index contributed by atoms with van der Waals surface area (Å²) in [6.45, 7) is 0.228. The number of fused-ring (bicyclic) bond motifs is 1. The minimum absolute atomic E-state index is 0.228. The highest BCUT2D eigenvalue weighted by molar-refractivity contribution is 5.91. The summed E-state index contributed by atoms with van der Waals surface area (Å²) >= 11 is 0. The second kappa shape index (κ2) is 3.51. The van der Waals surface area contributed by atoms with Crippen LogP contribution in [0, 0.1) is 0 Å². The highest BCUT2D eigenvalue weighted by Crippen LogP contribution is 2.35. The molecule has 1 aliphatic rings. The first kappa shape index (κ1) is 9.71. The predicted molar refractivity (Wildman–Crippen MR) is 58.7 cm³/mol. The minimum Gasteiger partial charge on any atom is -0.454 e. The van der Waals surface area contributed by atoms with Crippen molar-refractivity contribution in [1.82, 2.24) is 10.2 Å². The third kappa shape index (κ3) is 1.59. The van der Waals surface area contributed by atoms with Crippen LogP contribution in [0.3, 0.4) is 0 Å².